The maximum absolute atomic E-state index is 11.7. The first-order valence-corrected chi connectivity index (χ1v) is 9.85. The van der Waals surface area contributed by atoms with Crippen LogP contribution < -0.4 is 0 Å². The van der Waals surface area contributed by atoms with Gasteiger partial charge in [0.25, 0.3) is 10.1 Å². The van der Waals surface area contributed by atoms with Gasteiger partial charge in [-0.1, -0.05) is 82.8 Å². The summed E-state index contributed by atoms with van der Waals surface area (Å²) in [6.07, 6.45) is 1.03. The van der Waals surface area contributed by atoms with Crippen molar-refractivity contribution in [2.24, 2.45) is 0 Å². The van der Waals surface area contributed by atoms with Crippen LogP contribution in [0.1, 0.15) is 29.0 Å². The number of hydrogen-bond acceptors (Lipinski definition) is 2. The first-order chi connectivity index (χ1) is 11.1. The molecule has 1 N–H and O–H groups in total. The Morgan fingerprint density at radius 1 is 1.08 bits per heavy atom. The van der Waals surface area contributed by atoms with Crippen molar-refractivity contribution in [1.82, 2.24) is 0 Å². The molecular weight excluding hydrogens is 391 g/mol. The van der Waals surface area contributed by atoms with Gasteiger partial charge in [-0.2, -0.15) is 8.42 Å². The van der Waals surface area contributed by atoms with Crippen molar-refractivity contribution in [3.63, 3.8) is 0 Å². The monoisotopic (exact) mass is 406 g/mol. The van der Waals surface area contributed by atoms with Crippen molar-refractivity contribution < 1.29 is 13.0 Å². The molecule has 0 aliphatic heterocycles. The minimum atomic E-state index is -4.41. The minimum Gasteiger partial charge on any atom is -0.282 e. The SMILES string of the molecule is Cc1ccc(S(=O)(=O)O)c(C(CCc2ccccc2)C(Cl)(Cl)Cl)c1. The van der Waals surface area contributed by atoms with Gasteiger partial charge in [0, 0.05) is 5.92 Å². The third-order valence-electron chi connectivity index (χ3n) is 3.78. The van der Waals surface area contributed by atoms with Crippen LogP contribution in [-0.2, 0) is 16.5 Å². The molecule has 7 heteroatoms. The van der Waals surface area contributed by atoms with E-state index in [9.17, 15) is 13.0 Å². The molecule has 0 spiro atoms. The molecule has 0 aliphatic rings. The summed E-state index contributed by atoms with van der Waals surface area (Å²) in [4.78, 5) is -0.225. The average molecular weight is 408 g/mol. The zero-order chi connectivity index (χ0) is 18.0. The first-order valence-electron chi connectivity index (χ1n) is 7.27. The highest BCUT2D eigenvalue weighted by Gasteiger charge is 2.36. The van der Waals surface area contributed by atoms with Gasteiger partial charge in [-0.3, -0.25) is 4.55 Å². The third kappa shape index (κ3) is 5.11. The number of alkyl halides is 3. The van der Waals surface area contributed by atoms with Crippen LogP contribution in [0, 0.1) is 6.92 Å². The summed E-state index contributed by atoms with van der Waals surface area (Å²) in [5.41, 5.74) is 2.18. The molecule has 24 heavy (non-hydrogen) atoms. The van der Waals surface area contributed by atoms with Crippen LogP contribution in [0.3, 0.4) is 0 Å². The van der Waals surface area contributed by atoms with E-state index in [1.807, 2.05) is 37.3 Å². The molecule has 0 saturated carbocycles. The number of aryl methyl sites for hydroxylation is 2. The molecule has 0 fully saturated rings. The normalized spacial score (nSPS) is 13.7. The van der Waals surface area contributed by atoms with E-state index >= 15 is 0 Å². The van der Waals surface area contributed by atoms with E-state index in [0.717, 1.165) is 11.1 Å². The van der Waals surface area contributed by atoms with Gasteiger partial charge in [-0.15, -0.1) is 0 Å². The Balaban J connectivity index is 2.44. The second-order valence-electron chi connectivity index (χ2n) is 5.63. The zero-order valence-electron chi connectivity index (χ0n) is 12.9. The molecule has 0 bridgehead atoms. The Labute approximate surface area is 157 Å². The highest BCUT2D eigenvalue weighted by molar-refractivity contribution is 7.85. The zero-order valence-corrected chi connectivity index (χ0v) is 16.0. The van der Waals surface area contributed by atoms with E-state index in [1.54, 1.807) is 12.1 Å². The van der Waals surface area contributed by atoms with Crippen LogP contribution in [0.5, 0.6) is 0 Å². The molecule has 2 rings (SSSR count). The lowest BCUT2D eigenvalue weighted by molar-refractivity contribution is 0.479. The smallest absolute Gasteiger partial charge is 0.282 e. The Hall–Kier alpha value is -0.780. The Kier molecular flexibility index (Phi) is 6.21. The lowest BCUT2D eigenvalue weighted by Crippen LogP contribution is -2.21. The van der Waals surface area contributed by atoms with Crippen LogP contribution >= 0.6 is 34.8 Å². The molecule has 0 heterocycles. The molecule has 2 aromatic carbocycles. The number of benzene rings is 2. The average Bonchev–Trinajstić information content (AvgIpc) is 2.46. The second-order valence-corrected chi connectivity index (χ2v) is 9.39. The van der Waals surface area contributed by atoms with E-state index in [2.05, 4.69) is 0 Å². The predicted octanol–water partition coefficient (Wildman–Crippen LogP) is 5.33. The Bertz CT molecular complexity index is 800. The molecule has 0 radical (unpaired) electrons. The predicted molar refractivity (Wildman–Crippen MR) is 98.8 cm³/mol. The molecule has 0 saturated heterocycles. The number of hydrogen-bond donors (Lipinski definition) is 1. The van der Waals surface area contributed by atoms with Gasteiger partial charge in [0.05, 0.1) is 4.90 Å². The summed E-state index contributed by atoms with van der Waals surface area (Å²) in [5.74, 6) is -0.681. The number of rotatable bonds is 5. The Morgan fingerprint density at radius 3 is 2.25 bits per heavy atom. The fraction of sp³-hybridized carbons (Fsp3) is 0.294. The van der Waals surface area contributed by atoms with Gasteiger partial charge < -0.3 is 0 Å². The van der Waals surface area contributed by atoms with Gasteiger partial charge in [-0.25, -0.2) is 0 Å². The molecule has 1 unspecified atom stereocenters. The van der Waals surface area contributed by atoms with Crippen LogP contribution in [0.15, 0.2) is 53.4 Å². The van der Waals surface area contributed by atoms with Gasteiger partial charge in [-0.05, 0) is 37.0 Å². The van der Waals surface area contributed by atoms with Crippen LogP contribution in [0.2, 0.25) is 0 Å². The molecule has 3 nitrogen and oxygen atoms in total. The van der Waals surface area contributed by atoms with Crippen LogP contribution in [0.25, 0.3) is 0 Å². The van der Waals surface area contributed by atoms with Gasteiger partial charge >= 0.3 is 0 Å². The maximum atomic E-state index is 11.7. The highest BCUT2D eigenvalue weighted by Crippen LogP contribution is 2.46. The lowest BCUT2D eigenvalue weighted by atomic mass is 9.92. The van der Waals surface area contributed by atoms with Crippen LogP contribution in [-0.4, -0.2) is 16.8 Å². The van der Waals surface area contributed by atoms with E-state index in [0.29, 0.717) is 18.4 Å². The molecule has 0 aliphatic carbocycles. The fourth-order valence-corrected chi connectivity index (χ4v) is 4.05. The van der Waals surface area contributed by atoms with Crippen molar-refractivity contribution >= 4 is 44.9 Å². The summed E-state index contributed by atoms with van der Waals surface area (Å²) in [5, 5.41) is 0. The topological polar surface area (TPSA) is 54.4 Å². The second kappa shape index (κ2) is 7.63. The van der Waals surface area contributed by atoms with Crippen molar-refractivity contribution in [2.45, 2.75) is 34.4 Å². The lowest BCUT2D eigenvalue weighted by Gasteiger charge is -2.26. The van der Waals surface area contributed by atoms with Gasteiger partial charge in [0.1, 0.15) is 0 Å². The van der Waals surface area contributed by atoms with Crippen molar-refractivity contribution in [3.05, 3.63) is 65.2 Å². The fourth-order valence-electron chi connectivity index (χ4n) is 2.63. The first kappa shape index (κ1) is 19.5. The molecule has 0 aromatic heterocycles. The highest BCUT2D eigenvalue weighted by atomic mass is 35.6. The quantitative estimate of drug-likeness (QED) is 0.538. The van der Waals surface area contributed by atoms with Gasteiger partial charge in [0.2, 0.25) is 0 Å². The molecule has 0 amide bonds. The van der Waals surface area contributed by atoms with E-state index in [1.165, 1.54) is 6.07 Å². The van der Waals surface area contributed by atoms with Gasteiger partial charge in [0.15, 0.2) is 3.79 Å². The summed E-state index contributed by atoms with van der Waals surface area (Å²) < 4.78 is 31.2. The number of halogens is 3. The van der Waals surface area contributed by atoms with Crippen molar-refractivity contribution in [3.8, 4) is 0 Å². The van der Waals surface area contributed by atoms with E-state index in [4.69, 9.17) is 34.8 Å². The van der Waals surface area contributed by atoms with Crippen LogP contribution in [0.4, 0.5) is 0 Å². The standard InChI is InChI=1S/C17H17Cl3O3S/c1-12-7-10-16(24(21,22)23)14(11-12)15(17(18,19)20)9-8-13-5-3-2-4-6-13/h2-7,10-11,15H,8-9H2,1H3,(H,21,22,23). The molecule has 130 valence electrons. The van der Waals surface area contributed by atoms with E-state index in [-0.39, 0.29) is 4.90 Å². The van der Waals surface area contributed by atoms with Crippen molar-refractivity contribution in [2.75, 3.05) is 0 Å². The molecule has 1 atom stereocenters. The Morgan fingerprint density at radius 2 is 1.71 bits per heavy atom. The minimum absolute atomic E-state index is 0.225. The summed E-state index contributed by atoms with van der Waals surface area (Å²) in [7, 11) is -4.41. The summed E-state index contributed by atoms with van der Waals surface area (Å²) in [6, 6.07) is 14.2. The summed E-state index contributed by atoms with van der Waals surface area (Å²) in [6.45, 7) is 1.81. The summed E-state index contributed by atoms with van der Waals surface area (Å²) >= 11 is 18.4. The maximum Gasteiger partial charge on any atom is 0.294 e. The molecule has 2 aromatic rings. The molecular formula is C17H17Cl3O3S. The largest absolute Gasteiger partial charge is 0.294 e. The third-order valence-corrected chi connectivity index (χ3v) is 5.50. The van der Waals surface area contributed by atoms with Crippen molar-refractivity contribution in [1.29, 1.82) is 0 Å². The van der Waals surface area contributed by atoms with E-state index < -0.39 is 19.8 Å².